The van der Waals surface area contributed by atoms with Crippen molar-refractivity contribution in [2.24, 2.45) is 12.1 Å². The molecule has 1 aromatic carbocycles. The number of nitrogens with one attached hydrogen (secondary N) is 1. The van der Waals surface area contributed by atoms with Crippen molar-refractivity contribution in [1.82, 2.24) is 14.5 Å². The number of carbonyl (C=O) groups is 1. The number of fused-ring (bicyclic) bond motifs is 1. The molecule has 122 valence electrons. The van der Waals surface area contributed by atoms with Crippen LogP contribution in [-0.2, 0) is 16.6 Å². The van der Waals surface area contributed by atoms with E-state index in [-0.39, 0.29) is 12.3 Å². The first-order valence-corrected chi connectivity index (χ1v) is 7.53. The third-order valence-electron chi connectivity index (χ3n) is 3.42. The van der Waals surface area contributed by atoms with Crippen LogP contribution in [0.5, 0.6) is 0 Å². The lowest BCUT2D eigenvalue weighted by Gasteiger charge is -2.08. The van der Waals surface area contributed by atoms with Gasteiger partial charge in [-0.2, -0.15) is 5.10 Å². The maximum absolute atomic E-state index is 12.2. The van der Waals surface area contributed by atoms with E-state index in [9.17, 15) is 4.79 Å². The molecule has 3 rings (SSSR count). The monoisotopic (exact) mass is 323 g/mol. The van der Waals surface area contributed by atoms with Gasteiger partial charge >= 0.3 is 5.97 Å². The maximum Gasteiger partial charge on any atom is 0.362 e. The summed E-state index contributed by atoms with van der Waals surface area (Å²) >= 11 is 0. The number of rotatable bonds is 5. The summed E-state index contributed by atoms with van der Waals surface area (Å²) in [4.78, 5) is 20.7. The second-order valence-electron chi connectivity index (χ2n) is 5.04. The first kappa shape index (κ1) is 15.7. The molecule has 0 aliphatic heterocycles. The number of imidazole rings is 1. The van der Waals surface area contributed by atoms with E-state index in [1.807, 2.05) is 30.3 Å². The highest BCUT2D eigenvalue weighted by molar-refractivity contribution is 6.42. The van der Waals surface area contributed by atoms with Gasteiger partial charge in [-0.1, -0.05) is 18.2 Å². The molecule has 0 spiro atoms. The molecule has 0 unspecified atom stereocenters. The van der Waals surface area contributed by atoms with Crippen molar-refractivity contribution in [2.45, 2.75) is 6.92 Å². The molecule has 0 fully saturated rings. The van der Waals surface area contributed by atoms with Crippen molar-refractivity contribution in [2.75, 3.05) is 12.0 Å². The predicted octanol–water partition coefficient (Wildman–Crippen LogP) is 2.35. The van der Waals surface area contributed by atoms with Crippen LogP contribution in [0.4, 0.5) is 5.69 Å². The Morgan fingerprint density at radius 3 is 2.83 bits per heavy atom. The summed E-state index contributed by atoms with van der Waals surface area (Å²) in [7, 11) is 1.79. The Morgan fingerprint density at radius 2 is 2.08 bits per heavy atom. The number of hydrogen-bond donors (Lipinski definition) is 1. The lowest BCUT2D eigenvalue weighted by atomic mass is 10.2. The SMILES string of the molecule is CCOC(=O)/C(=N/Nc1cccc2cccnc12)c1nccn1C. The standard InChI is InChI=1S/C17H17N5O2/c1-3-24-17(23)15(16-19-10-11-22(16)2)21-20-13-8-4-6-12-7-5-9-18-14(12)13/h4-11,20H,3H2,1-2H3/b21-15+. The first-order chi connectivity index (χ1) is 11.7. The molecule has 0 bridgehead atoms. The molecule has 0 radical (unpaired) electrons. The van der Waals surface area contributed by atoms with Crippen molar-refractivity contribution < 1.29 is 9.53 Å². The fourth-order valence-electron chi connectivity index (χ4n) is 2.29. The number of hydrogen-bond acceptors (Lipinski definition) is 6. The molecule has 2 aromatic heterocycles. The molecule has 1 N–H and O–H groups in total. The number of benzene rings is 1. The Bertz CT molecular complexity index is 895. The van der Waals surface area contributed by atoms with Crippen LogP contribution < -0.4 is 5.43 Å². The quantitative estimate of drug-likeness (QED) is 0.443. The van der Waals surface area contributed by atoms with Gasteiger partial charge in [0.05, 0.1) is 17.8 Å². The molecule has 0 saturated heterocycles. The van der Waals surface area contributed by atoms with Crippen LogP contribution in [0.1, 0.15) is 12.7 Å². The number of esters is 1. The van der Waals surface area contributed by atoms with Crippen LogP contribution in [0.15, 0.2) is 54.0 Å². The first-order valence-electron chi connectivity index (χ1n) is 7.53. The van der Waals surface area contributed by atoms with E-state index in [1.165, 1.54) is 0 Å². The number of carbonyl (C=O) groups excluding carboxylic acids is 1. The zero-order chi connectivity index (χ0) is 16.9. The van der Waals surface area contributed by atoms with Crippen molar-refractivity contribution >= 4 is 28.3 Å². The summed E-state index contributed by atoms with van der Waals surface area (Å²) < 4.78 is 6.79. The number of ether oxygens (including phenoxy) is 1. The van der Waals surface area contributed by atoms with Crippen LogP contribution in [0, 0.1) is 0 Å². The average molecular weight is 323 g/mol. The van der Waals surface area contributed by atoms with E-state index in [0.717, 1.165) is 10.9 Å². The van der Waals surface area contributed by atoms with Gasteiger partial charge in [0.25, 0.3) is 0 Å². The number of pyridine rings is 1. The second kappa shape index (κ2) is 6.91. The van der Waals surface area contributed by atoms with Crippen molar-refractivity contribution in [3.63, 3.8) is 0 Å². The summed E-state index contributed by atoms with van der Waals surface area (Å²) in [6, 6.07) is 9.53. The fourth-order valence-corrected chi connectivity index (χ4v) is 2.29. The number of nitrogens with zero attached hydrogens (tertiary/aromatic N) is 4. The molecular weight excluding hydrogens is 306 g/mol. The summed E-state index contributed by atoms with van der Waals surface area (Å²) in [5.41, 5.74) is 4.49. The van der Waals surface area contributed by atoms with E-state index in [4.69, 9.17) is 4.74 Å². The highest BCUT2D eigenvalue weighted by Gasteiger charge is 2.20. The van der Waals surface area contributed by atoms with Crippen LogP contribution >= 0.6 is 0 Å². The summed E-state index contributed by atoms with van der Waals surface area (Å²) in [5.74, 6) is -0.110. The molecule has 0 aliphatic carbocycles. The second-order valence-corrected chi connectivity index (χ2v) is 5.04. The van der Waals surface area contributed by atoms with Crippen molar-refractivity contribution in [3.8, 4) is 0 Å². The Morgan fingerprint density at radius 1 is 1.25 bits per heavy atom. The summed E-state index contributed by atoms with van der Waals surface area (Å²) in [6.07, 6.45) is 5.05. The van der Waals surface area contributed by atoms with Crippen molar-refractivity contribution in [3.05, 3.63) is 54.7 Å². The summed E-state index contributed by atoms with van der Waals surface area (Å²) in [6.45, 7) is 2.01. The molecule has 3 aromatic rings. The molecular formula is C17H17N5O2. The molecule has 24 heavy (non-hydrogen) atoms. The molecule has 0 saturated carbocycles. The van der Waals surface area contributed by atoms with Gasteiger partial charge in [0.2, 0.25) is 5.71 Å². The largest absolute Gasteiger partial charge is 0.461 e. The minimum Gasteiger partial charge on any atom is -0.461 e. The van der Waals surface area contributed by atoms with Gasteiger partial charge in [-0.25, -0.2) is 9.78 Å². The Labute approximate surface area is 139 Å². The number of aromatic nitrogens is 3. The van der Waals surface area contributed by atoms with Gasteiger partial charge < -0.3 is 9.30 Å². The van der Waals surface area contributed by atoms with Crippen LogP contribution in [-0.4, -0.2) is 32.8 Å². The summed E-state index contributed by atoms with van der Waals surface area (Å²) in [5, 5.41) is 5.21. The van der Waals surface area contributed by atoms with Gasteiger partial charge in [0.1, 0.15) is 0 Å². The Kier molecular flexibility index (Phi) is 4.51. The Hall–Kier alpha value is -3.22. The lowest BCUT2D eigenvalue weighted by Crippen LogP contribution is -2.23. The van der Waals surface area contributed by atoms with E-state index in [1.54, 1.807) is 37.1 Å². The molecule has 0 atom stereocenters. The topological polar surface area (TPSA) is 81.4 Å². The maximum atomic E-state index is 12.2. The third kappa shape index (κ3) is 3.10. The number of para-hydroxylation sites is 1. The van der Waals surface area contributed by atoms with Gasteiger partial charge in [0, 0.05) is 31.0 Å². The molecule has 2 heterocycles. The zero-order valence-electron chi connectivity index (χ0n) is 13.4. The Balaban J connectivity index is 1.99. The number of aryl methyl sites for hydroxylation is 1. The van der Waals surface area contributed by atoms with Crippen LogP contribution in [0.3, 0.4) is 0 Å². The molecule has 0 amide bonds. The lowest BCUT2D eigenvalue weighted by molar-refractivity contribution is -0.135. The number of anilines is 1. The molecule has 7 nitrogen and oxygen atoms in total. The van der Waals surface area contributed by atoms with Gasteiger partial charge in [0.15, 0.2) is 5.82 Å². The minimum atomic E-state index is -0.535. The fraction of sp³-hybridized carbons (Fsp3) is 0.176. The number of hydrazone groups is 1. The molecule has 0 aliphatic rings. The van der Waals surface area contributed by atoms with Gasteiger partial charge in [-0.05, 0) is 19.1 Å². The van der Waals surface area contributed by atoms with E-state index in [0.29, 0.717) is 11.5 Å². The minimum absolute atomic E-state index is 0.109. The van der Waals surface area contributed by atoms with Gasteiger partial charge in [-0.15, -0.1) is 0 Å². The average Bonchev–Trinajstić information content (AvgIpc) is 3.01. The predicted molar refractivity (Wildman–Crippen MR) is 91.7 cm³/mol. The smallest absolute Gasteiger partial charge is 0.362 e. The normalized spacial score (nSPS) is 11.5. The van der Waals surface area contributed by atoms with Crippen LogP contribution in [0.2, 0.25) is 0 Å². The highest BCUT2D eigenvalue weighted by atomic mass is 16.5. The van der Waals surface area contributed by atoms with Crippen molar-refractivity contribution in [1.29, 1.82) is 0 Å². The third-order valence-corrected chi connectivity index (χ3v) is 3.42. The van der Waals surface area contributed by atoms with Crippen LogP contribution in [0.25, 0.3) is 10.9 Å². The highest BCUT2D eigenvalue weighted by Crippen LogP contribution is 2.20. The van der Waals surface area contributed by atoms with E-state index in [2.05, 4.69) is 20.5 Å². The van der Waals surface area contributed by atoms with Gasteiger partial charge in [-0.3, -0.25) is 10.4 Å². The van der Waals surface area contributed by atoms with E-state index >= 15 is 0 Å². The molecule has 7 heteroatoms. The zero-order valence-corrected chi connectivity index (χ0v) is 13.4. The van der Waals surface area contributed by atoms with E-state index < -0.39 is 5.97 Å².